The van der Waals surface area contributed by atoms with Crippen molar-refractivity contribution in [1.29, 1.82) is 0 Å². The number of ether oxygens (including phenoxy) is 1. The first-order valence-electron chi connectivity index (χ1n) is 9.27. The zero-order chi connectivity index (χ0) is 20.6. The second kappa shape index (κ2) is 10.1. The average Bonchev–Trinajstić information content (AvgIpc) is 2.71. The summed E-state index contributed by atoms with van der Waals surface area (Å²) in [6, 6.07) is 18.7. The molecule has 2 atom stereocenters. The SMILES string of the molecule is CC(C(=O)OCc1ccccc1)C(C)(C)CC(C(=O)O[B]O)c1ccccc1. The van der Waals surface area contributed by atoms with E-state index < -0.39 is 23.2 Å². The molecular weight excluding hydrogens is 355 g/mol. The third-order valence-corrected chi connectivity index (χ3v) is 5.14. The molecule has 0 aliphatic heterocycles. The third-order valence-electron chi connectivity index (χ3n) is 5.14. The van der Waals surface area contributed by atoms with Crippen LogP contribution >= 0.6 is 0 Å². The molecule has 0 bridgehead atoms. The van der Waals surface area contributed by atoms with E-state index in [1.807, 2.05) is 74.5 Å². The summed E-state index contributed by atoms with van der Waals surface area (Å²) in [6.45, 7) is 5.86. The fraction of sp³-hybridized carbons (Fsp3) is 0.364. The summed E-state index contributed by atoms with van der Waals surface area (Å²) >= 11 is 0. The Morgan fingerprint density at radius 3 is 2.14 bits per heavy atom. The standard InChI is InChI=1S/C22H26BO5/c1-16(20(24)27-15-17-10-6-4-7-11-17)22(2,3)14-19(21(25)28-23-26)18-12-8-5-9-13-18/h4-13,16,19,26H,14-15H2,1-3H3. The van der Waals surface area contributed by atoms with Crippen molar-refractivity contribution in [3.05, 3.63) is 71.8 Å². The summed E-state index contributed by atoms with van der Waals surface area (Å²) in [5.41, 5.74) is 1.15. The second-order valence-corrected chi connectivity index (χ2v) is 7.51. The van der Waals surface area contributed by atoms with E-state index in [-0.39, 0.29) is 12.6 Å². The molecule has 6 heteroatoms. The highest BCUT2D eigenvalue weighted by Crippen LogP contribution is 2.39. The summed E-state index contributed by atoms with van der Waals surface area (Å²) < 4.78 is 10.2. The molecular formula is C22H26BO5. The zero-order valence-corrected chi connectivity index (χ0v) is 16.5. The first-order chi connectivity index (χ1) is 13.3. The van der Waals surface area contributed by atoms with Crippen molar-refractivity contribution < 1.29 is 24.0 Å². The van der Waals surface area contributed by atoms with Crippen LogP contribution in [-0.2, 0) is 25.6 Å². The van der Waals surface area contributed by atoms with E-state index in [4.69, 9.17) is 14.4 Å². The van der Waals surface area contributed by atoms with Crippen molar-refractivity contribution in [1.82, 2.24) is 0 Å². The van der Waals surface area contributed by atoms with Gasteiger partial charge >= 0.3 is 13.7 Å². The minimum absolute atomic E-state index is 0.212. The van der Waals surface area contributed by atoms with Gasteiger partial charge in [0.2, 0.25) is 0 Å². The Balaban J connectivity index is 2.08. The van der Waals surface area contributed by atoms with Crippen molar-refractivity contribution in [2.75, 3.05) is 0 Å². The Kier molecular flexibility index (Phi) is 7.82. The lowest BCUT2D eigenvalue weighted by atomic mass is 9.72. The van der Waals surface area contributed by atoms with E-state index in [0.29, 0.717) is 14.1 Å². The molecule has 0 spiro atoms. The minimum atomic E-state index is -0.607. The highest BCUT2D eigenvalue weighted by atomic mass is 16.6. The predicted octanol–water partition coefficient (Wildman–Crippen LogP) is 3.64. The summed E-state index contributed by atoms with van der Waals surface area (Å²) in [6.07, 6.45) is 0.366. The lowest BCUT2D eigenvalue weighted by Gasteiger charge is -2.33. The van der Waals surface area contributed by atoms with Crippen molar-refractivity contribution in [3.63, 3.8) is 0 Å². The van der Waals surface area contributed by atoms with Gasteiger partial charge in [-0.1, -0.05) is 81.4 Å². The summed E-state index contributed by atoms with van der Waals surface area (Å²) in [7, 11) is 0.392. The highest BCUT2D eigenvalue weighted by Gasteiger charge is 2.38. The van der Waals surface area contributed by atoms with Gasteiger partial charge in [-0.05, 0) is 23.0 Å². The van der Waals surface area contributed by atoms with E-state index >= 15 is 0 Å². The molecule has 0 aliphatic carbocycles. The topological polar surface area (TPSA) is 72.8 Å². The van der Waals surface area contributed by atoms with Crippen LogP contribution in [0, 0.1) is 11.3 Å². The summed E-state index contributed by atoms with van der Waals surface area (Å²) in [4.78, 5) is 25.0. The second-order valence-electron chi connectivity index (χ2n) is 7.51. The Labute approximate surface area is 167 Å². The van der Waals surface area contributed by atoms with Crippen LogP contribution in [0.15, 0.2) is 60.7 Å². The average molecular weight is 381 g/mol. The molecule has 5 nitrogen and oxygen atoms in total. The van der Waals surface area contributed by atoms with E-state index in [2.05, 4.69) is 0 Å². The van der Waals surface area contributed by atoms with Crippen LogP contribution in [0.1, 0.15) is 44.2 Å². The van der Waals surface area contributed by atoms with E-state index in [1.165, 1.54) is 0 Å². The Morgan fingerprint density at radius 2 is 1.57 bits per heavy atom. The molecule has 0 saturated heterocycles. The van der Waals surface area contributed by atoms with Crippen LogP contribution in [0.3, 0.4) is 0 Å². The number of esters is 1. The molecule has 0 heterocycles. The van der Waals surface area contributed by atoms with Crippen LogP contribution in [0.2, 0.25) is 0 Å². The number of benzene rings is 2. The first-order valence-corrected chi connectivity index (χ1v) is 9.27. The number of carbonyl (C=O) groups excluding carboxylic acids is 2. The van der Waals surface area contributed by atoms with Gasteiger partial charge in [0, 0.05) is 0 Å². The highest BCUT2D eigenvalue weighted by molar-refractivity contribution is 6.20. The van der Waals surface area contributed by atoms with Crippen LogP contribution < -0.4 is 0 Å². The molecule has 147 valence electrons. The van der Waals surface area contributed by atoms with Crippen molar-refractivity contribution in [2.45, 2.75) is 39.7 Å². The number of hydrogen-bond acceptors (Lipinski definition) is 5. The molecule has 1 radical (unpaired) electrons. The van der Waals surface area contributed by atoms with Gasteiger partial charge < -0.3 is 14.4 Å². The molecule has 2 aromatic rings. The van der Waals surface area contributed by atoms with Gasteiger partial charge in [-0.15, -0.1) is 0 Å². The monoisotopic (exact) mass is 381 g/mol. The minimum Gasteiger partial charge on any atom is -0.510 e. The zero-order valence-electron chi connectivity index (χ0n) is 16.5. The smallest absolute Gasteiger partial charge is 0.510 e. The molecule has 0 aliphatic rings. The Bertz CT molecular complexity index is 761. The van der Waals surface area contributed by atoms with Gasteiger partial charge in [0.1, 0.15) is 6.61 Å². The van der Waals surface area contributed by atoms with Gasteiger partial charge in [0.25, 0.3) is 5.97 Å². The lowest BCUT2D eigenvalue weighted by molar-refractivity contribution is -0.154. The van der Waals surface area contributed by atoms with Gasteiger partial charge in [-0.25, -0.2) is 0 Å². The normalized spacial score (nSPS) is 13.3. The van der Waals surface area contributed by atoms with Crippen LogP contribution in [0.4, 0.5) is 0 Å². The van der Waals surface area contributed by atoms with Crippen LogP contribution in [-0.4, -0.2) is 24.6 Å². The molecule has 0 saturated carbocycles. The van der Waals surface area contributed by atoms with Crippen molar-refractivity contribution in [2.24, 2.45) is 11.3 Å². The Morgan fingerprint density at radius 1 is 1.00 bits per heavy atom. The van der Waals surface area contributed by atoms with Crippen molar-refractivity contribution in [3.8, 4) is 0 Å². The fourth-order valence-corrected chi connectivity index (χ4v) is 3.03. The maximum atomic E-state index is 12.6. The number of hydrogen-bond donors (Lipinski definition) is 1. The molecule has 2 unspecified atom stereocenters. The molecule has 28 heavy (non-hydrogen) atoms. The third kappa shape index (κ3) is 5.96. The quantitative estimate of drug-likeness (QED) is 0.530. The molecule has 0 fully saturated rings. The molecule has 2 aromatic carbocycles. The summed E-state index contributed by atoms with van der Waals surface area (Å²) in [5, 5.41) is 8.86. The lowest BCUT2D eigenvalue weighted by Crippen LogP contribution is -2.34. The molecule has 0 amide bonds. The van der Waals surface area contributed by atoms with Gasteiger partial charge in [-0.3, -0.25) is 9.59 Å². The maximum absolute atomic E-state index is 12.6. The fourth-order valence-electron chi connectivity index (χ4n) is 3.03. The molecule has 1 N–H and O–H groups in total. The molecule has 0 aromatic heterocycles. The van der Waals surface area contributed by atoms with E-state index in [9.17, 15) is 9.59 Å². The largest absolute Gasteiger partial charge is 0.571 e. The summed E-state index contributed by atoms with van der Waals surface area (Å²) in [5.74, 6) is -1.92. The van der Waals surface area contributed by atoms with Gasteiger partial charge in [-0.2, -0.15) is 0 Å². The number of carbonyl (C=O) groups is 2. The predicted molar refractivity (Wildman–Crippen MR) is 107 cm³/mol. The number of rotatable bonds is 9. The van der Waals surface area contributed by atoms with Crippen molar-refractivity contribution >= 4 is 19.6 Å². The van der Waals surface area contributed by atoms with Gasteiger partial charge in [0.05, 0.1) is 11.8 Å². The van der Waals surface area contributed by atoms with Crippen LogP contribution in [0.25, 0.3) is 0 Å². The van der Waals surface area contributed by atoms with Crippen LogP contribution in [0.5, 0.6) is 0 Å². The van der Waals surface area contributed by atoms with E-state index in [1.54, 1.807) is 6.92 Å². The maximum Gasteiger partial charge on any atom is 0.571 e. The Hall–Kier alpha value is -2.60. The van der Waals surface area contributed by atoms with E-state index in [0.717, 1.165) is 11.1 Å². The first kappa shape index (κ1) is 21.7. The molecule has 2 rings (SSSR count). The van der Waals surface area contributed by atoms with Gasteiger partial charge in [0.15, 0.2) is 0 Å².